The molecule has 8 nitrogen and oxygen atoms in total. The van der Waals surface area contributed by atoms with Crippen molar-refractivity contribution in [3.63, 3.8) is 0 Å². The first-order valence-corrected chi connectivity index (χ1v) is 10.3. The van der Waals surface area contributed by atoms with Gasteiger partial charge in [0.15, 0.2) is 5.78 Å². The zero-order valence-corrected chi connectivity index (χ0v) is 17.1. The van der Waals surface area contributed by atoms with Gasteiger partial charge >= 0.3 is 0 Å². The Labute approximate surface area is 172 Å². The van der Waals surface area contributed by atoms with Crippen LogP contribution in [-0.4, -0.2) is 53.8 Å². The summed E-state index contributed by atoms with van der Waals surface area (Å²) in [5.74, 6) is -2.00. The molecule has 0 saturated heterocycles. The molecule has 0 aliphatic heterocycles. The van der Waals surface area contributed by atoms with Crippen LogP contribution < -0.4 is 16.0 Å². The molecule has 0 aliphatic carbocycles. The van der Waals surface area contributed by atoms with Crippen LogP contribution in [0.25, 0.3) is 0 Å². The third-order valence-corrected chi connectivity index (χ3v) is 4.55. The summed E-state index contributed by atoms with van der Waals surface area (Å²) >= 11 is 1.36. The van der Waals surface area contributed by atoms with Crippen LogP contribution >= 0.6 is 11.8 Å². The Morgan fingerprint density at radius 1 is 1.10 bits per heavy atom. The number of amides is 3. The molecule has 4 N–H and O–H groups in total. The molecule has 10 heteroatoms. The van der Waals surface area contributed by atoms with Gasteiger partial charge in [-0.1, -0.05) is 12.1 Å². The van der Waals surface area contributed by atoms with Gasteiger partial charge in [-0.15, -0.1) is 0 Å². The fraction of sp³-hybridized carbons (Fsp3) is 0.421. The molecule has 0 aliphatic rings. The average molecular weight is 424 g/mol. The molecule has 0 unspecified atom stereocenters. The molecule has 2 atom stereocenters. The van der Waals surface area contributed by atoms with Crippen molar-refractivity contribution in [2.24, 2.45) is 0 Å². The molecule has 0 aromatic heterocycles. The SMILES string of the molecule is CSC[C@H](NC(C)=O)C(=O)N[C@@H](CCC(=O)C=N)C(=O)NCc1ccc(F)cc1. The molecule has 158 valence electrons. The van der Waals surface area contributed by atoms with E-state index in [1.807, 2.05) is 0 Å². The first kappa shape index (κ1) is 24.3. The van der Waals surface area contributed by atoms with Crippen LogP contribution in [0.15, 0.2) is 24.3 Å². The molecule has 3 amide bonds. The number of benzene rings is 1. The van der Waals surface area contributed by atoms with E-state index in [-0.39, 0.29) is 25.3 Å². The van der Waals surface area contributed by atoms with E-state index in [1.165, 1.54) is 43.0 Å². The van der Waals surface area contributed by atoms with Crippen molar-refractivity contribution in [3.8, 4) is 0 Å². The van der Waals surface area contributed by atoms with Crippen molar-refractivity contribution < 1.29 is 23.6 Å². The van der Waals surface area contributed by atoms with Crippen LogP contribution in [0.5, 0.6) is 0 Å². The second-order valence-electron chi connectivity index (χ2n) is 6.26. The number of carbonyl (C=O) groups excluding carboxylic acids is 4. The van der Waals surface area contributed by atoms with Gasteiger partial charge < -0.3 is 21.4 Å². The van der Waals surface area contributed by atoms with Crippen molar-refractivity contribution in [2.75, 3.05) is 12.0 Å². The fourth-order valence-corrected chi connectivity index (χ4v) is 2.98. The maximum Gasteiger partial charge on any atom is 0.244 e. The summed E-state index contributed by atoms with van der Waals surface area (Å²) in [5, 5.41) is 14.7. The minimum atomic E-state index is -1.02. The standard InChI is InChI=1S/C19H25FN4O4S/c1-12(25)23-17(11-29-2)19(28)24-16(8-7-15(26)9-21)18(27)22-10-13-3-5-14(20)6-4-13/h3-6,9,16-17,21H,7-8,10-11H2,1-2H3,(H,22,27)(H,23,25)(H,24,28)/t16-,17-/m0/s1. The third kappa shape index (κ3) is 9.33. The number of hydrogen-bond donors (Lipinski definition) is 4. The van der Waals surface area contributed by atoms with E-state index in [0.29, 0.717) is 17.5 Å². The maximum absolute atomic E-state index is 13.0. The monoisotopic (exact) mass is 424 g/mol. The zero-order chi connectivity index (χ0) is 21.8. The van der Waals surface area contributed by atoms with E-state index in [9.17, 15) is 23.6 Å². The highest BCUT2D eigenvalue weighted by atomic mass is 32.2. The smallest absolute Gasteiger partial charge is 0.244 e. The molecule has 1 aromatic rings. The number of carbonyl (C=O) groups is 4. The van der Waals surface area contributed by atoms with E-state index in [1.54, 1.807) is 6.26 Å². The molecular formula is C19H25FN4O4S. The number of nitrogens with one attached hydrogen (secondary N) is 4. The second-order valence-corrected chi connectivity index (χ2v) is 7.17. The van der Waals surface area contributed by atoms with E-state index in [0.717, 1.165) is 0 Å². The Kier molecular flexibility index (Phi) is 10.6. The van der Waals surface area contributed by atoms with Crippen molar-refractivity contribution >= 4 is 41.5 Å². The van der Waals surface area contributed by atoms with Gasteiger partial charge in [0.1, 0.15) is 17.9 Å². The minimum absolute atomic E-state index is 0.00125. The van der Waals surface area contributed by atoms with Gasteiger partial charge in [0.2, 0.25) is 17.7 Å². The van der Waals surface area contributed by atoms with Crippen molar-refractivity contribution in [2.45, 2.75) is 38.4 Å². The first-order chi connectivity index (χ1) is 13.8. The summed E-state index contributed by atoms with van der Waals surface area (Å²) in [6, 6.07) is 3.73. The number of hydrogen-bond acceptors (Lipinski definition) is 6. The first-order valence-electron chi connectivity index (χ1n) is 8.88. The normalized spacial score (nSPS) is 12.4. The third-order valence-electron chi connectivity index (χ3n) is 3.88. The maximum atomic E-state index is 13.0. The highest BCUT2D eigenvalue weighted by molar-refractivity contribution is 7.98. The summed E-state index contributed by atoms with van der Waals surface area (Å²) in [6.07, 6.45) is 2.34. The van der Waals surface area contributed by atoms with Gasteiger partial charge in [-0.25, -0.2) is 4.39 Å². The summed E-state index contributed by atoms with van der Waals surface area (Å²) < 4.78 is 13.0. The number of halogens is 1. The number of Topliss-reactive ketones (excluding diaryl/α,β-unsaturated/α-hetero) is 1. The molecule has 0 radical (unpaired) electrons. The topological polar surface area (TPSA) is 128 Å². The molecule has 29 heavy (non-hydrogen) atoms. The zero-order valence-electron chi connectivity index (χ0n) is 16.3. The lowest BCUT2D eigenvalue weighted by atomic mass is 10.1. The number of rotatable bonds is 12. The van der Waals surface area contributed by atoms with E-state index in [4.69, 9.17) is 5.41 Å². The van der Waals surface area contributed by atoms with Gasteiger partial charge in [0.05, 0.1) is 6.21 Å². The fourth-order valence-electron chi connectivity index (χ4n) is 2.41. The van der Waals surface area contributed by atoms with Crippen LogP contribution in [0, 0.1) is 11.2 Å². The molecular weight excluding hydrogens is 399 g/mol. The van der Waals surface area contributed by atoms with Crippen molar-refractivity contribution in [1.29, 1.82) is 5.41 Å². The quantitative estimate of drug-likeness (QED) is 0.369. The molecule has 1 rings (SSSR count). The van der Waals surface area contributed by atoms with Crippen LogP contribution in [-0.2, 0) is 25.7 Å². The van der Waals surface area contributed by atoms with E-state index >= 15 is 0 Å². The molecule has 0 fully saturated rings. The number of thioether (sulfide) groups is 1. The highest BCUT2D eigenvalue weighted by Gasteiger charge is 2.26. The van der Waals surface area contributed by atoms with Crippen LogP contribution in [0.4, 0.5) is 4.39 Å². The lowest BCUT2D eigenvalue weighted by molar-refractivity contribution is -0.131. The van der Waals surface area contributed by atoms with E-state index < -0.39 is 35.5 Å². The lowest BCUT2D eigenvalue weighted by Gasteiger charge is -2.22. The lowest BCUT2D eigenvalue weighted by Crippen LogP contribution is -2.54. The van der Waals surface area contributed by atoms with Gasteiger partial charge in [-0.3, -0.25) is 19.2 Å². The van der Waals surface area contributed by atoms with Gasteiger partial charge in [-0.2, -0.15) is 11.8 Å². The van der Waals surface area contributed by atoms with Gasteiger partial charge in [0, 0.05) is 25.6 Å². The number of ketones is 1. The van der Waals surface area contributed by atoms with Crippen molar-refractivity contribution in [3.05, 3.63) is 35.6 Å². The average Bonchev–Trinajstić information content (AvgIpc) is 2.69. The minimum Gasteiger partial charge on any atom is -0.350 e. The summed E-state index contributed by atoms with van der Waals surface area (Å²) in [4.78, 5) is 47.8. The predicted molar refractivity (Wildman–Crippen MR) is 109 cm³/mol. The molecule has 1 aromatic carbocycles. The molecule has 0 heterocycles. The van der Waals surface area contributed by atoms with Crippen LogP contribution in [0.2, 0.25) is 0 Å². The Morgan fingerprint density at radius 2 is 1.76 bits per heavy atom. The van der Waals surface area contributed by atoms with Crippen molar-refractivity contribution in [1.82, 2.24) is 16.0 Å². The summed E-state index contributed by atoms with van der Waals surface area (Å²) in [5.41, 5.74) is 0.666. The Bertz CT molecular complexity index is 742. The summed E-state index contributed by atoms with van der Waals surface area (Å²) in [7, 11) is 0. The van der Waals surface area contributed by atoms with E-state index in [2.05, 4.69) is 16.0 Å². The molecule has 0 saturated carbocycles. The van der Waals surface area contributed by atoms with Gasteiger partial charge in [0.25, 0.3) is 0 Å². The van der Waals surface area contributed by atoms with Crippen LogP contribution in [0.1, 0.15) is 25.3 Å². The van der Waals surface area contributed by atoms with Crippen LogP contribution in [0.3, 0.4) is 0 Å². The van der Waals surface area contributed by atoms with Gasteiger partial charge in [-0.05, 0) is 30.4 Å². The largest absolute Gasteiger partial charge is 0.350 e. The highest BCUT2D eigenvalue weighted by Crippen LogP contribution is 2.05. The second kappa shape index (κ2) is 12.7. The Morgan fingerprint density at radius 3 is 2.31 bits per heavy atom. The predicted octanol–water partition coefficient (Wildman–Crippen LogP) is 0.793. The Balaban J connectivity index is 2.81. The Hall–Kier alpha value is -2.75. The molecule has 0 bridgehead atoms. The summed E-state index contributed by atoms with van der Waals surface area (Å²) in [6.45, 7) is 1.40. The molecule has 0 spiro atoms.